The molecule has 0 spiro atoms. The van der Waals surface area contributed by atoms with Crippen molar-refractivity contribution in [3.05, 3.63) is 28.8 Å². The van der Waals surface area contributed by atoms with Crippen molar-refractivity contribution in [2.75, 3.05) is 7.05 Å². The van der Waals surface area contributed by atoms with Gasteiger partial charge in [0.05, 0.1) is 0 Å². The van der Waals surface area contributed by atoms with Gasteiger partial charge in [-0.1, -0.05) is 25.4 Å². The van der Waals surface area contributed by atoms with E-state index in [4.69, 9.17) is 11.6 Å². The average Bonchev–Trinajstić information content (AvgIpc) is 2.09. The quantitative estimate of drug-likeness (QED) is 0.793. The minimum Gasteiger partial charge on any atom is -0.316 e. The standard InChI is InChI=1S/C11H16ClNS/c1-8(2)14-11-5-4-10(12)6-9(11)7-13-3/h4-6,8,13H,7H2,1-3H3. The van der Waals surface area contributed by atoms with Crippen LogP contribution in [0.5, 0.6) is 0 Å². The van der Waals surface area contributed by atoms with Crippen LogP contribution in [0.25, 0.3) is 0 Å². The van der Waals surface area contributed by atoms with Gasteiger partial charge in [0, 0.05) is 21.7 Å². The molecule has 0 saturated heterocycles. The molecule has 0 aliphatic rings. The average molecular weight is 230 g/mol. The van der Waals surface area contributed by atoms with E-state index in [9.17, 15) is 0 Å². The Hall–Kier alpha value is -0.180. The summed E-state index contributed by atoms with van der Waals surface area (Å²) in [6, 6.07) is 6.08. The van der Waals surface area contributed by atoms with E-state index in [-0.39, 0.29) is 0 Å². The summed E-state index contributed by atoms with van der Waals surface area (Å²) in [5, 5.41) is 4.57. The molecule has 1 N–H and O–H groups in total. The second-order valence-corrected chi connectivity index (χ2v) is 5.50. The Bertz CT molecular complexity index is 299. The summed E-state index contributed by atoms with van der Waals surface area (Å²) >= 11 is 7.83. The Morgan fingerprint density at radius 3 is 2.71 bits per heavy atom. The number of thioether (sulfide) groups is 1. The van der Waals surface area contributed by atoms with E-state index >= 15 is 0 Å². The molecule has 0 aliphatic heterocycles. The molecule has 0 aromatic heterocycles. The molecule has 1 rings (SSSR count). The van der Waals surface area contributed by atoms with Crippen LogP contribution in [0.1, 0.15) is 19.4 Å². The predicted molar refractivity (Wildman–Crippen MR) is 65.2 cm³/mol. The fraction of sp³-hybridized carbons (Fsp3) is 0.455. The van der Waals surface area contributed by atoms with Crippen LogP contribution in [0.2, 0.25) is 5.02 Å². The van der Waals surface area contributed by atoms with Gasteiger partial charge in [-0.2, -0.15) is 0 Å². The zero-order valence-electron chi connectivity index (χ0n) is 8.80. The first-order valence-electron chi connectivity index (χ1n) is 4.73. The highest BCUT2D eigenvalue weighted by Crippen LogP contribution is 2.28. The van der Waals surface area contributed by atoms with E-state index in [2.05, 4.69) is 25.2 Å². The van der Waals surface area contributed by atoms with E-state index < -0.39 is 0 Å². The number of rotatable bonds is 4. The fourth-order valence-corrected chi connectivity index (χ4v) is 2.38. The van der Waals surface area contributed by atoms with Gasteiger partial charge in [0.15, 0.2) is 0 Å². The lowest BCUT2D eigenvalue weighted by Crippen LogP contribution is -2.06. The lowest BCUT2D eigenvalue weighted by atomic mass is 10.2. The van der Waals surface area contributed by atoms with Gasteiger partial charge < -0.3 is 5.32 Å². The molecule has 1 aromatic carbocycles. The van der Waals surface area contributed by atoms with Crippen molar-refractivity contribution >= 4 is 23.4 Å². The zero-order chi connectivity index (χ0) is 10.6. The number of nitrogens with one attached hydrogen (secondary N) is 1. The van der Waals surface area contributed by atoms with Crippen LogP contribution < -0.4 is 5.32 Å². The first kappa shape index (κ1) is 11.9. The zero-order valence-corrected chi connectivity index (χ0v) is 10.4. The Kier molecular flexibility index (Phi) is 4.79. The maximum absolute atomic E-state index is 5.95. The van der Waals surface area contributed by atoms with E-state index in [1.807, 2.05) is 30.9 Å². The smallest absolute Gasteiger partial charge is 0.0410 e. The molecule has 1 aromatic rings. The number of hydrogen-bond donors (Lipinski definition) is 1. The third-order valence-electron chi connectivity index (χ3n) is 1.75. The molecule has 14 heavy (non-hydrogen) atoms. The summed E-state index contributed by atoms with van der Waals surface area (Å²) in [5.41, 5.74) is 1.28. The summed E-state index contributed by atoms with van der Waals surface area (Å²) in [5.74, 6) is 0. The van der Waals surface area contributed by atoms with E-state index in [1.54, 1.807) is 0 Å². The molecule has 3 heteroatoms. The summed E-state index contributed by atoms with van der Waals surface area (Å²) in [6.07, 6.45) is 0. The molecule has 0 radical (unpaired) electrons. The number of halogens is 1. The van der Waals surface area contributed by atoms with Crippen LogP contribution >= 0.6 is 23.4 Å². The normalized spacial score (nSPS) is 10.9. The maximum atomic E-state index is 5.95. The Balaban J connectivity index is 2.89. The molecule has 0 atom stereocenters. The maximum Gasteiger partial charge on any atom is 0.0410 e. The van der Waals surface area contributed by atoms with Crippen LogP contribution in [0.4, 0.5) is 0 Å². The van der Waals surface area contributed by atoms with Crippen molar-refractivity contribution in [3.63, 3.8) is 0 Å². The predicted octanol–water partition coefficient (Wildman–Crippen LogP) is 3.56. The summed E-state index contributed by atoms with van der Waals surface area (Å²) in [4.78, 5) is 1.32. The van der Waals surface area contributed by atoms with Crippen LogP contribution in [-0.4, -0.2) is 12.3 Å². The monoisotopic (exact) mass is 229 g/mol. The minimum absolute atomic E-state index is 0.604. The first-order chi connectivity index (χ1) is 6.63. The highest BCUT2D eigenvalue weighted by atomic mass is 35.5. The lowest BCUT2D eigenvalue weighted by molar-refractivity contribution is 0.803. The van der Waals surface area contributed by atoms with Crippen molar-refractivity contribution in [3.8, 4) is 0 Å². The van der Waals surface area contributed by atoms with Crippen LogP contribution in [0.15, 0.2) is 23.1 Å². The molecule has 0 saturated carbocycles. The molecule has 0 heterocycles. The van der Waals surface area contributed by atoms with Crippen molar-refractivity contribution in [1.29, 1.82) is 0 Å². The minimum atomic E-state index is 0.604. The molecule has 0 aliphatic carbocycles. The fourth-order valence-electron chi connectivity index (χ4n) is 1.25. The number of benzene rings is 1. The van der Waals surface area contributed by atoms with Crippen molar-refractivity contribution in [2.24, 2.45) is 0 Å². The molecule has 0 unspecified atom stereocenters. The van der Waals surface area contributed by atoms with Gasteiger partial charge in [-0.15, -0.1) is 11.8 Å². The SMILES string of the molecule is CNCc1cc(Cl)ccc1SC(C)C. The Morgan fingerprint density at radius 2 is 2.14 bits per heavy atom. The number of hydrogen-bond acceptors (Lipinski definition) is 2. The largest absolute Gasteiger partial charge is 0.316 e. The Labute approximate surface area is 95.2 Å². The summed E-state index contributed by atoms with van der Waals surface area (Å²) < 4.78 is 0. The molecule has 78 valence electrons. The highest BCUT2D eigenvalue weighted by molar-refractivity contribution is 8.00. The van der Waals surface area contributed by atoms with E-state index in [1.165, 1.54) is 10.5 Å². The first-order valence-corrected chi connectivity index (χ1v) is 5.99. The van der Waals surface area contributed by atoms with Crippen LogP contribution in [0, 0.1) is 0 Å². The van der Waals surface area contributed by atoms with Crippen molar-refractivity contribution < 1.29 is 0 Å². The molecule has 0 fully saturated rings. The van der Waals surface area contributed by atoms with Gasteiger partial charge in [-0.25, -0.2) is 0 Å². The summed E-state index contributed by atoms with van der Waals surface area (Å²) in [7, 11) is 1.95. The topological polar surface area (TPSA) is 12.0 Å². The molecular formula is C11H16ClNS. The third-order valence-corrected chi connectivity index (χ3v) is 3.11. The molecule has 1 nitrogen and oxygen atoms in total. The van der Waals surface area contributed by atoms with E-state index in [0.29, 0.717) is 5.25 Å². The second kappa shape index (κ2) is 5.64. The van der Waals surface area contributed by atoms with Gasteiger partial charge in [-0.05, 0) is 30.8 Å². The van der Waals surface area contributed by atoms with Crippen molar-refractivity contribution in [1.82, 2.24) is 5.32 Å². The van der Waals surface area contributed by atoms with Crippen molar-refractivity contribution in [2.45, 2.75) is 30.5 Å². The van der Waals surface area contributed by atoms with Crippen LogP contribution in [-0.2, 0) is 6.54 Å². The van der Waals surface area contributed by atoms with Gasteiger partial charge in [0.2, 0.25) is 0 Å². The van der Waals surface area contributed by atoms with Gasteiger partial charge in [-0.3, -0.25) is 0 Å². The van der Waals surface area contributed by atoms with Crippen LogP contribution in [0.3, 0.4) is 0 Å². The lowest BCUT2D eigenvalue weighted by Gasteiger charge is -2.11. The van der Waals surface area contributed by atoms with E-state index in [0.717, 1.165) is 11.6 Å². The third kappa shape index (κ3) is 3.52. The van der Waals surface area contributed by atoms with Gasteiger partial charge >= 0.3 is 0 Å². The second-order valence-electron chi connectivity index (χ2n) is 3.45. The van der Waals surface area contributed by atoms with Gasteiger partial charge in [0.1, 0.15) is 0 Å². The molecule has 0 bridgehead atoms. The molecular weight excluding hydrogens is 214 g/mol. The highest BCUT2D eigenvalue weighted by Gasteiger charge is 2.05. The van der Waals surface area contributed by atoms with Gasteiger partial charge in [0.25, 0.3) is 0 Å². The summed E-state index contributed by atoms with van der Waals surface area (Å²) in [6.45, 7) is 5.26. The molecule has 0 amide bonds. The Morgan fingerprint density at radius 1 is 1.43 bits per heavy atom.